The van der Waals surface area contributed by atoms with Crippen molar-refractivity contribution in [1.82, 2.24) is 0 Å². The minimum absolute atomic E-state index is 0.0379. The average molecular weight is 178 g/mol. The van der Waals surface area contributed by atoms with E-state index in [0.717, 1.165) is 12.0 Å². The molecule has 60 valence electrons. The fourth-order valence-corrected chi connectivity index (χ4v) is 2.02. The molecule has 2 unspecified atom stereocenters. The number of hydrogen-bond donors (Lipinski definition) is 0. The summed E-state index contributed by atoms with van der Waals surface area (Å²) in [5.41, 5.74) is 2.36. The first-order valence-corrected chi connectivity index (χ1v) is 4.38. The molecule has 0 N–H and O–H groups in total. The van der Waals surface area contributed by atoms with Crippen LogP contribution in [0.2, 0.25) is 0 Å². The molecule has 2 atom stereocenters. The van der Waals surface area contributed by atoms with Gasteiger partial charge in [0.05, 0.1) is 17.4 Å². The Labute approximate surface area is 76.6 Å². The van der Waals surface area contributed by atoms with Crippen molar-refractivity contribution >= 4 is 11.6 Å². The van der Waals surface area contributed by atoms with Crippen LogP contribution in [0.4, 0.5) is 0 Å². The zero-order valence-corrected chi connectivity index (χ0v) is 7.25. The molecule has 2 heteroatoms. The number of rotatable bonds is 0. The summed E-state index contributed by atoms with van der Waals surface area (Å²) < 4.78 is 0. The first-order chi connectivity index (χ1) is 5.83. The van der Waals surface area contributed by atoms with Crippen LogP contribution in [0.1, 0.15) is 16.5 Å². The monoisotopic (exact) mass is 177 g/mol. The van der Waals surface area contributed by atoms with E-state index in [1.807, 2.05) is 24.3 Å². The normalized spacial score (nSPS) is 26.3. The molecular weight excluding hydrogens is 170 g/mol. The molecule has 0 aromatic heterocycles. The molecule has 0 fully saturated rings. The Hall–Kier alpha value is -1.00. The summed E-state index contributed by atoms with van der Waals surface area (Å²) in [7, 11) is 0. The third kappa shape index (κ3) is 1.00. The van der Waals surface area contributed by atoms with Gasteiger partial charge in [-0.25, -0.2) is 0 Å². The second-order valence-corrected chi connectivity index (χ2v) is 3.51. The number of nitrogens with zero attached hydrogens (tertiary/aromatic N) is 1. The maximum Gasteiger partial charge on any atom is 0.0749 e. The molecule has 0 aliphatic heterocycles. The van der Waals surface area contributed by atoms with Crippen molar-refractivity contribution in [3.8, 4) is 6.07 Å². The first kappa shape index (κ1) is 7.64. The van der Waals surface area contributed by atoms with Gasteiger partial charge in [-0.3, -0.25) is 0 Å². The molecular formula is C10H8ClN. The lowest BCUT2D eigenvalue weighted by Crippen LogP contribution is -1.97. The Morgan fingerprint density at radius 3 is 2.83 bits per heavy atom. The summed E-state index contributed by atoms with van der Waals surface area (Å²) >= 11 is 6.09. The predicted octanol–water partition coefficient (Wildman–Crippen LogP) is 2.66. The number of benzene rings is 1. The molecule has 0 heterocycles. The highest BCUT2D eigenvalue weighted by Gasteiger charge is 2.30. The van der Waals surface area contributed by atoms with Crippen molar-refractivity contribution in [2.45, 2.75) is 11.8 Å². The molecule has 0 amide bonds. The lowest BCUT2D eigenvalue weighted by molar-refractivity contribution is 0.698. The lowest BCUT2D eigenvalue weighted by atomic mass is 10.1. The van der Waals surface area contributed by atoms with Gasteiger partial charge >= 0.3 is 0 Å². The van der Waals surface area contributed by atoms with Crippen molar-refractivity contribution in [3.63, 3.8) is 0 Å². The first-order valence-electron chi connectivity index (χ1n) is 3.94. The summed E-state index contributed by atoms with van der Waals surface area (Å²) in [5.74, 6) is -0.0379. The van der Waals surface area contributed by atoms with Gasteiger partial charge in [-0.15, -0.1) is 11.6 Å². The van der Waals surface area contributed by atoms with Crippen molar-refractivity contribution in [3.05, 3.63) is 35.4 Å². The van der Waals surface area contributed by atoms with Gasteiger partial charge in [0.15, 0.2) is 0 Å². The van der Waals surface area contributed by atoms with Crippen LogP contribution in [0.25, 0.3) is 0 Å². The van der Waals surface area contributed by atoms with E-state index in [9.17, 15) is 0 Å². The van der Waals surface area contributed by atoms with E-state index in [4.69, 9.17) is 16.9 Å². The Balaban J connectivity index is 2.44. The standard InChI is InChI=1S/C10H8ClN/c11-10-8(6-12)5-7-3-1-2-4-9(7)10/h1-4,8,10H,5H2. The highest BCUT2D eigenvalue weighted by molar-refractivity contribution is 6.21. The topological polar surface area (TPSA) is 23.8 Å². The molecule has 1 nitrogen and oxygen atoms in total. The predicted molar refractivity (Wildman–Crippen MR) is 47.8 cm³/mol. The Kier molecular flexibility index (Phi) is 1.78. The molecule has 2 rings (SSSR count). The zero-order chi connectivity index (χ0) is 8.55. The molecule has 0 bridgehead atoms. The van der Waals surface area contributed by atoms with Crippen LogP contribution in [0.15, 0.2) is 24.3 Å². The SMILES string of the molecule is N#CC1Cc2ccccc2C1Cl. The molecule has 1 aromatic carbocycles. The fraction of sp³-hybridized carbons (Fsp3) is 0.300. The maximum absolute atomic E-state index is 8.77. The lowest BCUT2D eigenvalue weighted by Gasteiger charge is -2.03. The molecule has 0 radical (unpaired) electrons. The minimum atomic E-state index is -0.105. The average Bonchev–Trinajstić information content (AvgIpc) is 2.44. The number of alkyl halides is 1. The van der Waals surface area contributed by atoms with E-state index in [0.29, 0.717) is 0 Å². The molecule has 0 saturated carbocycles. The number of hydrogen-bond acceptors (Lipinski definition) is 1. The molecule has 12 heavy (non-hydrogen) atoms. The van der Waals surface area contributed by atoms with Crippen LogP contribution in [-0.2, 0) is 6.42 Å². The van der Waals surface area contributed by atoms with Crippen LogP contribution < -0.4 is 0 Å². The van der Waals surface area contributed by atoms with E-state index >= 15 is 0 Å². The molecule has 1 aliphatic rings. The van der Waals surface area contributed by atoms with Crippen LogP contribution in [0, 0.1) is 17.2 Å². The fourth-order valence-electron chi connectivity index (χ4n) is 1.66. The third-order valence-electron chi connectivity index (χ3n) is 2.31. The minimum Gasteiger partial charge on any atom is -0.198 e. The molecule has 1 aromatic rings. The smallest absolute Gasteiger partial charge is 0.0749 e. The third-order valence-corrected chi connectivity index (χ3v) is 2.85. The van der Waals surface area contributed by atoms with Crippen molar-refractivity contribution < 1.29 is 0 Å². The van der Waals surface area contributed by atoms with Gasteiger partial charge < -0.3 is 0 Å². The van der Waals surface area contributed by atoms with Gasteiger partial charge in [0, 0.05) is 0 Å². The van der Waals surface area contributed by atoms with Gasteiger partial charge in [0.1, 0.15) is 0 Å². The van der Waals surface area contributed by atoms with E-state index in [-0.39, 0.29) is 11.3 Å². The summed E-state index contributed by atoms with van der Waals surface area (Å²) in [6.07, 6.45) is 0.806. The van der Waals surface area contributed by atoms with Gasteiger partial charge in [0.2, 0.25) is 0 Å². The van der Waals surface area contributed by atoms with Gasteiger partial charge in [-0.05, 0) is 17.5 Å². The van der Waals surface area contributed by atoms with Crippen LogP contribution in [0.5, 0.6) is 0 Å². The summed E-state index contributed by atoms with van der Waals surface area (Å²) in [6.45, 7) is 0. The van der Waals surface area contributed by atoms with E-state index in [1.165, 1.54) is 5.56 Å². The molecule has 0 spiro atoms. The zero-order valence-electron chi connectivity index (χ0n) is 6.50. The Morgan fingerprint density at radius 1 is 1.42 bits per heavy atom. The second-order valence-electron chi connectivity index (χ2n) is 3.04. The van der Waals surface area contributed by atoms with Crippen molar-refractivity contribution in [1.29, 1.82) is 5.26 Å². The quantitative estimate of drug-likeness (QED) is 0.559. The number of halogens is 1. The van der Waals surface area contributed by atoms with Crippen molar-refractivity contribution in [2.75, 3.05) is 0 Å². The molecule has 0 saturated heterocycles. The van der Waals surface area contributed by atoms with Gasteiger partial charge in [0.25, 0.3) is 0 Å². The van der Waals surface area contributed by atoms with E-state index < -0.39 is 0 Å². The summed E-state index contributed by atoms with van der Waals surface area (Å²) in [5, 5.41) is 8.67. The number of nitriles is 1. The van der Waals surface area contributed by atoms with Crippen LogP contribution in [0.3, 0.4) is 0 Å². The van der Waals surface area contributed by atoms with E-state index in [1.54, 1.807) is 0 Å². The molecule has 1 aliphatic carbocycles. The second kappa shape index (κ2) is 2.80. The largest absolute Gasteiger partial charge is 0.198 e. The summed E-state index contributed by atoms with van der Waals surface area (Å²) in [4.78, 5) is 0. The van der Waals surface area contributed by atoms with Gasteiger partial charge in [-0.1, -0.05) is 24.3 Å². The number of fused-ring (bicyclic) bond motifs is 1. The van der Waals surface area contributed by atoms with Crippen LogP contribution >= 0.6 is 11.6 Å². The highest BCUT2D eigenvalue weighted by atomic mass is 35.5. The Bertz CT molecular complexity index is 340. The van der Waals surface area contributed by atoms with Crippen molar-refractivity contribution in [2.24, 2.45) is 5.92 Å². The summed E-state index contributed by atoms with van der Waals surface area (Å²) in [6, 6.07) is 10.2. The Morgan fingerprint density at radius 2 is 2.17 bits per heavy atom. The highest BCUT2D eigenvalue weighted by Crippen LogP contribution is 2.39. The van der Waals surface area contributed by atoms with E-state index in [2.05, 4.69) is 6.07 Å². The van der Waals surface area contributed by atoms with Gasteiger partial charge in [-0.2, -0.15) is 5.26 Å². The van der Waals surface area contributed by atoms with Crippen LogP contribution in [-0.4, -0.2) is 0 Å². The maximum atomic E-state index is 8.77.